The van der Waals surface area contributed by atoms with E-state index in [1.807, 2.05) is 20.8 Å². The summed E-state index contributed by atoms with van der Waals surface area (Å²) in [6, 6.07) is -0.550. The van der Waals surface area contributed by atoms with Crippen LogP contribution in [-0.4, -0.2) is 34.8 Å². The first-order valence-corrected chi connectivity index (χ1v) is 7.01. The second-order valence-corrected chi connectivity index (χ2v) is 5.75. The van der Waals surface area contributed by atoms with Crippen LogP contribution in [0.1, 0.15) is 53.9 Å². The molecule has 4 heteroatoms. The van der Waals surface area contributed by atoms with E-state index in [2.05, 4.69) is 19.2 Å². The first kappa shape index (κ1) is 15.0. The van der Waals surface area contributed by atoms with E-state index in [1.165, 1.54) is 0 Å². The van der Waals surface area contributed by atoms with E-state index >= 15 is 0 Å². The van der Waals surface area contributed by atoms with E-state index in [0.717, 1.165) is 19.3 Å². The fraction of sp³-hybridized carbons (Fsp3) is 0.857. The molecule has 1 rings (SSSR count). The summed E-state index contributed by atoms with van der Waals surface area (Å²) < 4.78 is 0. The Hall–Kier alpha value is -1.06. The molecule has 0 aromatic carbocycles. The first-order chi connectivity index (χ1) is 8.38. The van der Waals surface area contributed by atoms with Crippen LogP contribution in [-0.2, 0) is 9.59 Å². The number of piperazine rings is 1. The zero-order valence-electron chi connectivity index (χ0n) is 12.2. The third-order valence-corrected chi connectivity index (χ3v) is 3.53. The maximum atomic E-state index is 12.4. The molecule has 3 atom stereocenters. The molecule has 104 valence electrons. The third-order valence-electron chi connectivity index (χ3n) is 3.53. The van der Waals surface area contributed by atoms with Gasteiger partial charge in [0.25, 0.3) is 0 Å². The molecular weight excluding hydrogens is 228 g/mol. The van der Waals surface area contributed by atoms with Crippen molar-refractivity contribution in [3.05, 3.63) is 0 Å². The van der Waals surface area contributed by atoms with Crippen LogP contribution < -0.4 is 5.32 Å². The smallest absolute Gasteiger partial charge is 0.246 e. The molecule has 1 aliphatic heterocycles. The minimum absolute atomic E-state index is 0.0244. The van der Waals surface area contributed by atoms with E-state index < -0.39 is 0 Å². The Balaban J connectivity index is 2.84. The van der Waals surface area contributed by atoms with E-state index in [9.17, 15) is 9.59 Å². The molecule has 0 bridgehead atoms. The van der Waals surface area contributed by atoms with Crippen molar-refractivity contribution in [3.8, 4) is 0 Å². The lowest BCUT2D eigenvalue weighted by molar-refractivity contribution is -0.151. The van der Waals surface area contributed by atoms with Crippen molar-refractivity contribution >= 4 is 11.8 Å². The summed E-state index contributed by atoms with van der Waals surface area (Å²) in [5, 5.41) is 2.82. The molecule has 0 spiro atoms. The molecule has 1 heterocycles. The lowest BCUT2D eigenvalue weighted by Gasteiger charge is -2.41. The van der Waals surface area contributed by atoms with Crippen molar-refractivity contribution in [1.82, 2.24) is 10.2 Å². The van der Waals surface area contributed by atoms with E-state index in [-0.39, 0.29) is 29.9 Å². The van der Waals surface area contributed by atoms with Crippen molar-refractivity contribution in [3.63, 3.8) is 0 Å². The number of hydrogen-bond donors (Lipinski definition) is 1. The van der Waals surface area contributed by atoms with Gasteiger partial charge < -0.3 is 10.2 Å². The number of hydrogen-bond acceptors (Lipinski definition) is 2. The molecule has 1 N–H and O–H groups in total. The van der Waals surface area contributed by atoms with Crippen LogP contribution >= 0.6 is 0 Å². The van der Waals surface area contributed by atoms with Crippen molar-refractivity contribution in [2.75, 3.05) is 0 Å². The largest absolute Gasteiger partial charge is 0.343 e. The summed E-state index contributed by atoms with van der Waals surface area (Å²) in [5.74, 6) is 0.579. The summed E-state index contributed by atoms with van der Waals surface area (Å²) >= 11 is 0. The minimum atomic E-state index is -0.348. The summed E-state index contributed by atoms with van der Waals surface area (Å²) in [6.07, 6.45) is 2.56. The predicted molar refractivity (Wildman–Crippen MR) is 72.1 cm³/mol. The highest BCUT2D eigenvalue weighted by Gasteiger charge is 2.39. The van der Waals surface area contributed by atoms with Gasteiger partial charge in [-0.05, 0) is 32.6 Å². The van der Waals surface area contributed by atoms with Gasteiger partial charge >= 0.3 is 0 Å². The topological polar surface area (TPSA) is 49.4 Å². The molecule has 1 saturated heterocycles. The van der Waals surface area contributed by atoms with Gasteiger partial charge in [0.05, 0.1) is 0 Å². The Morgan fingerprint density at radius 3 is 2.39 bits per heavy atom. The number of carbonyl (C=O) groups is 2. The minimum Gasteiger partial charge on any atom is -0.343 e. The zero-order chi connectivity index (χ0) is 13.9. The summed E-state index contributed by atoms with van der Waals surface area (Å²) in [4.78, 5) is 26.1. The van der Waals surface area contributed by atoms with Gasteiger partial charge in [0, 0.05) is 6.04 Å². The number of nitrogens with zero attached hydrogens (tertiary/aromatic N) is 1. The van der Waals surface area contributed by atoms with Crippen molar-refractivity contribution < 1.29 is 9.59 Å². The highest BCUT2D eigenvalue weighted by molar-refractivity contribution is 5.96. The van der Waals surface area contributed by atoms with Gasteiger partial charge in [-0.1, -0.05) is 27.2 Å². The van der Waals surface area contributed by atoms with Gasteiger partial charge in [-0.3, -0.25) is 9.59 Å². The molecular formula is C14H26N2O2. The quantitative estimate of drug-likeness (QED) is 0.815. The molecule has 0 saturated carbocycles. The summed E-state index contributed by atoms with van der Waals surface area (Å²) in [7, 11) is 0. The highest BCUT2D eigenvalue weighted by Crippen LogP contribution is 2.20. The molecule has 1 fully saturated rings. The fourth-order valence-electron chi connectivity index (χ4n) is 2.73. The van der Waals surface area contributed by atoms with Gasteiger partial charge in [0.15, 0.2) is 0 Å². The van der Waals surface area contributed by atoms with Gasteiger partial charge in [-0.2, -0.15) is 0 Å². The molecule has 4 nitrogen and oxygen atoms in total. The van der Waals surface area contributed by atoms with Crippen LogP contribution in [0.25, 0.3) is 0 Å². The monoisotopic (exact) mass is 254 g/mol. The number of amides is 2. The van der Waals surface area contributed by atoms with Crippen LogP contribution in [0.3, 0.4) is 0 Å². The Labute approximate surface area is 110 Å². The summed E-state index contributed by atoms with van der Waals surface area (Å²) in [6.45, 7) is 10.2. The Kier molecular flexibility index (Phi) is 5.17. The van der Waals surface area contributed by atoms with Crippen molar-refractivity contribution in [2.45, 2.75) is 72.0 Å². The molecule has 3 unspecified atom stereocenters. The maximum Gasteiger partial charge on any atom is 0.246 e. The Morgan fingerprint density at radius 2 is 1.89 bits per heavy atom. The standard InChI is InChI=1S/C14H26N2O2/c1-6-7-12-14(18)16(10(4)8-9(2)3)11(5)13(17)15-12/h9-12H,6-8H2,1-5H3,(H,15,17). The second kappa shape index (κ2) is 6.21. The Bertz CT molecular complexity index is 315. The lowest BCUT2D eigenvalue weighted by atomic mass is 9.98. The maximum absolute atomic E-state index is 12.4. The van der Waals surface area contributed by atoms with E-state index in [1.54, 1.807) is 4.90 Å². The molecule has 0 aromatic heterocycles. The second-order valence-electron chi connectivity index (χ2n) is 5.75. The number of carbonyl (C=O) groups excluding carboxylic acids is 2. The third kappa shape index (κ3) is 3.24. The molecule has 18 heavy (non-hydrogen) atoms. The van der Waals surface area contributed by atoms with Crippen molar-refractivity contribution in [1.29, 1.82) is 0 Å². The number of rotatable bonds is 5. The van der Waals surface area contributed by atoms with Gasteiger partial charge in [-0.15, -0.1) is 0 Å². The average Bonchev–Trinajstić information content (AvgIpc) is 2.25. The van der Waals surface area contributed by atoms with E-state index in [4.69, 9.17) is 0 Å². The predicted octanol–water partition coefficient (Wildman–Crippen LogP) is 1.94. The first-order valence-electron chi connectivity index (χ1n) is 7.01. The summed E-state index contributed by atoms with van der Waals surface area (Å²) in [5.41, 5.74) is 0. The fourth-order valence-corrected chi connectivity index (χ4v) is 2.73. The van der Waals surface area contributed by atoms with Crippen LogP contribution in [0.2, 0.25) is 0 Å². The van der Waals surface area contributed by atoms with Crippen LogP contribution in [0, 0.1) is 5.92 Å². The molecule has 1 aliphatic rings. The SMILES string of the molecule is CCCC1NC(=O)C(C)N(C(C)CC(C)C)C1=O. The van der Waals surface area contributed by atoms with Gasteiger partial charge in [0.2, 0.25) is 11.8 Å². The van der Waals surface area contributed by atoms with Gasteiger partial charge in [0.1, 0.15) is 12.1 Å². The highest BCUT2D eigenvalue weighted by atomic mass is 16.2. The van der Waals surface area contributed by atoms with Gasteiger partial charge in [-0.25, -0.2) is 0 Å². The Morgan fingerprint density at radius 1 is 1.28 bits per heavy atom. The lowest BCUT2D eigenvalue weighted by Crippen LogP contribution is -2.64. The molecule has 0 radical (unpaired) electrons. The average molecular weight is 254 g/mol. The molecule has 0 aromatic rings. The molecule has 2 amide bonds. The van der Waals surface area contributed by atoms with E-state index in [0.29, 0.717) is 5.92 Å². The van der Waals surface area contributed by atoms with Crippen LogP contribution in [0.4, 0.5) is 0 Å². The zero-order valence-corrected chi connectivity index (χ0v) is 12.2. The van der Waals surface area contributed by atoms with Crippen molar-refractivity contribution in [2.24, 2.45) is 5.92 Å². The number of nitrogens with one attached hydrogen (secondary N) is 1. The molecule has 0 aliphatic carbocycles. The van der Waals surface area contributed by atoms with Crippen LogP contribution in [0.5, 0.6) is 0 Å². The van der Waals surface area contributed by atoms with Crippen LogP contribution in [0.15, 0.2) is 0 Å². The normalized spacial score (nSPS) is 26.4.